The Morgan fingerprint density at radius 1 is 1.19 bits per heavy atom. The van der Waals surface area contributed by atoms with Gasteiger partial charge in [0.25, 0.3) is 11.8 Å². The number of para-hydroxylation sites is 1. The Hall–Kier alpha value is -4.08. The van der Waals surface area contributed by atoms with E-state index in [0.717, 1.165) is 4.90 Å². The molecule has 3 aliphatic rings. The van der Waals surface area contributed by atoms with Crippen molar-refractivity contribution in [3.63, 3.8) is 0 Å². The third-order valence-electron chi connectivity index (χ3n) is 5.75. The highest BCUT2D eigenvalue weighted by atomic mass is 16.5. The maximum atomic E-state index is 13.2. The summed E-state index contributed by atoms with van der Waals surface area (Å²) in [5.41, 5.74) is 0.160. The lowest BCUT2D eigenvalue weighted by Gasteiger charge is -2.33. The van der Waals surface area contributed by atoms with E-state index < -0.39 is 36.0 Å². The fourth-order valence-electron chi connectivity index (χ4n) is 4.15. The van der Waals surface area contributed by atoms with Gasteiger partial charge in [-0.3, -0.25) is 19.3 Å². The van der Waals surface area contributed by atoms with Gasteiger partial charge in [-0.25, -0.2) is 4.79 Å². The number of rotatable bonds is 3. The van der Waals surface area contributed by atoms with Gasteiger partial charge in [-0.15, -0.1) is 0 Å². The molecule has 5 rings (SSSR count). The molecule has 5 amide bonds. The molecule has 2 aromatic carbocycles. The van der Waals surface area contributed by atoms with Gasteiger partial charge in [-0.1, -0.05) is 18.2 Å². The normalized spacial score (nSPS) is 23.5. The van der Waals surface area contributed by atoms with Gasteiger partial charge < -0.3 is 25.4 Å². The van der Waals surface area contributed by atoms with Gasteiger partial charge in [0.05, 0.1) is 12.3 Å². The zero-order valence-corrected chi connectivity index (χ0v) is 17.1. The van der Waals surface area contributed by atoms with Gasteiger partial charge in [0.15, 0.2) is 11.6 Å². The number of anilines is 2. The minimum Gasteiger partial charge on any atom is -0.493 e. The Morgan fingerprint density at radius 2 is 2.00 bits per heavy atom. The van der Waals surface area contributed by atoms with E-state index in [1.54, 1.807) is 49.4 Å². The van der Waals surface area contributed by atoms with Gasteiger partial charge in [-0.2, -0.15) is 0 Å². The molecule has 0 bridgehead atoms. The topological polar surface area (TPSA) is 126 Å². The van der Waals surface area contributed by atoms with Crippen LogP contribution in [0.3, 0.4) is 0 Å². The van der Waals surface area contributed by atoms with Gasteiger partial charge in [0.2, 0.25) is 5.91 Å². The van der Waals surface area contributed by atoms with Crippen LogP contribution in [-0.2, 0) is 19.9 Å². The van der Waals surface area contributed by atoms with Crippen molar-refractivity contribution in [1.82, 2.24) is 10.2 Å². The van der Waals surface area contributed by atoms with Crippen LogP contribution in [0.1, 0.15) is 18.9 Å². The molecular weight excluding hydrogens is 416 g/mol. The summed E-state index contributed by atoms with van der Waals surface area (Å²) in [6, 6.07) is 11.2. The number of fused-ring (bicyclic) bond motifs is 3. The summed E-state index contributed by atoms with van der Waals surface area (Å²) in [6.07, 6.45) is -0.333. The van der Waals surface area contributed by atoms with E-state index in [4.69, 9.17) is 9.47 Å². The fourth-order valence-corrected chi connectivity index (χ4v) is 4.15. The smallest absolute Gasteiger partial charge is 0.325 e. The van der Waals surface area contributed by atoms with Crippen LogP contribution in [0.4, 0.5) is 16.2 Å². The Morgan fingerprint density at radius 3 is 2.84 bits per heavy atom. The highest BCUT2D eigenvalue weighted by Gasteiger charge is 2.55. The lowest BCUT2D eigenvalue weighted by molar-refractivity contribution is -0.135. The Balaban J connectivity index is 1.32. The molecule has 2 atom stereocenters. The molecule has 1 saturated heterocycles. The van der Waals surface area contributed by atoms with Crippen LogP contribution in [-0.4, -0.2) is 47.9 Å². The van der Waals surface area contributed by atoms with Crippen LogP contribution < -0.4 is 25.4 Å². The Labute approximate surface area is 182 Å². The molecule has 2 aromatic rings. The molecule has 10 heteroatoms. The molecule has 32 heavy (non-hydrogen) atoms. The van der Waals surface area contributed by atoms with Gasteiger partial charge in [0.1, 0.15) is 18.0 Å². The van der Waals surface area contributed by atoms with Crippen LogP contribution in [0, 0.1) is 0 Å². The van der Waals surface area contributed by atoms with Crippen molar-refractivity contribution < 1.29 is 28.7 Å². The van der Waals surface area contributed by atoms with Crippen LogP contribution in [0.5, 0.6) is 11.5 Å². The number of nitrogens with zero attached hydrogens (tertiary/aromatic N) is 1. The molecule has 0 aromatic heterocycles. The number of urea groups is 1. The predicted octanol–water partition coefficient (Wildman–Crippen LogP) is 1.57. The lowest BCUT2D eigenvalue weighted by Crippen LogP contribution is -2.48. The van der Waals surface area contributed by atoms with Crippen molar-refractivity contribution in [2.45, 2.75) is 25.0 Å². The average Bonchev–Trinajstić information content (AvgIpc) is 3.00. The van der Waals surface area contributed by atoms with E-state index >= 15 is 0 Å². The summed E-state index contributed by atoms with van der Waals surface area (Å²) in [6.45, 7) is 1.45. The van der Waals surface area contributed by atoms with Gasteiger partial charge >= 0.3 is 6.03 Å². The third-order valence-corrected chi connectivity index (χ3v) is 5.75. The second kappa shape index (κ2) is 7.26. The van der Waals surface area contributed by atoms with E-state index in [-0.39, 0.29) is 18.9 Å². The SMILES string of the molecule is C[C@H]1Oc2ccc(NC(=O)CN3C(=O)N[C@]4(CCOc5ccccc54)C3=O)cc2NC1=O. The van der Waals surface area contributed by atoms with Crippen LogP contribution in [0.2, 0.25) is 0 Å². The largest absolute Gasteiger partial charge is 0.493 e. The third kappa shape index (κ3) is 3.11. The molecular formula is C22H20N4O6. The number of carbonyl (C=O) groups is 4. The van der Waals surface area contributed by atoms with Crippen molar-refractivity contribution in [3.05, 3.63) is 48.0 Å². The second-order valence-electron chi connectivity index (χ2n) is 7.83. The lowest BCUT2D eigenvalue weighted by atomic mass is 9.84. The molecule has 0 aliphatic carbocycles. The van der Waals surface area contributed by atoms with Crippen molar-refractivity contribution in [1.29, 1.82) is 0 Å². The van der Waals surface area contributed by atoms with Gasteiger partial charge in [0, 0.05) is 17.7 Å². The van der Waals surface area contributed by atoms with Crippen molar-refractivity contribution in [2.24, 2.45) is 0 Å². The predicted molar refractivity (Wildman–Crippen MR) is 112 cm³/mol. The van der Waals surface area contributed by atoms with Crippen LogP contribution >= 0.6 is 0 Å². The average molecular weight is 436 g/mol. The standard InChI is InChI=1S/C22H20N4O6/c1-12-19(28)24-15-10-13(6-7-17(15)32-12)23-18(27)11-26-20(29)22(25-21(26)30)8-9-31-16-5-3-2-4-14(16)22/h2-7,10,12H,8-9,11H2,1H3,(H,23,27)(H,24,28)(H,25,30)/t12-,22+/m1/s1. The number of carbonyl (C=O) groups excluding carboxylic acids is 4. The Kier molecular flexibility index (Phi) is 4.50. The van der Waals surface area contributed by atoms with E-state index in [9.17, 15) is 19.2 Å². The monoisotopic (exact) mass is 436 g/mol. The van der Waals surface area contributed by atoms with E-state index in [1.165, 1.54) is 0 Å². The molecule has 1 fully saturated rings. The van der Waals surface area contributed by atoms with E-state index in [1.807, 2.05) is 0 Å². The summed E-state index contributed by atoms with van der Waals surface area (Å²) in [7, 11) is 0. The zero-order valence-electron chi connectivity index (χ0n) is 17.1. The number of hydrogen-bond donors (Lipinski definition) is 3. The van der Waals surface area contributed by atoms with E-state index in [2.05, 4.69) is 16.0 Å². The molecule has 164 valence electrons. The highest BCUT2D eigenvalue weighted by molar-refractivity contribution is 6.11. The molecule has 3 heterocycles. The number of hydrogen-bond acceptors (Lipinski definition) is 6. The summed E-state index contributed by atoms with van der Waals surface area (Å²) in [5, 5.41) is 8.11. The van der Waals surface area contributed by atoms with Crippen LogP contribution in [0.15, 0.2) is 42.5 Å². The maximum absolute atomic E-state index is 13.2. The fraction of sp³-hybridized carbons (Fsp3) is 0.273. The second-order valence-corrected chi connectivity index (χ2v) is 7.83. The van der Waals surface area contributed by atoms with E-state index in [0.29, 0.717) is 28.4 Å². The molecule has 10 nitrogen and oxygen atoms in total. The van der Waals surface area contributed by atoms with Crippen molar-refractivity contribution in [2.75, 3.05) is 23.8 Å². The zero-order chi connectivity index (χ0) is 22.5. The highest BCUT2D eigenvalue weighted by Crippen LogP contribution is 2.41. The van der Waals surface area contributed by atoms with Crippen molar-refractivity contribution >= 4 is 35.1 Å². The minimum absolute atomic E-state index is 0.268. The minimum atomic E-state index is -1.24. The number of imide groups is 1. The van der Waals surface area contributed by atoms with Gasteiger partial charge in [-0.05, 0) is 31.2 Å². The molecule has 0 radical (unpaired) electrons. The molecule has 3 aliphatic heterocycles. The molecule has 0 saturated carbocycles. The summed E-state index contributed by atoms with van der Waals surface area (Å²) < 4.78 is 11.1. The molecule has 1 spiro atoms. The maximum Gasteiger partial charge on any atom is 0.325 e. The number of ether oxygens (including phenoxy) is 2. The quantitative estimate of drug-likeness (QED) is 0.627. The first kappa shape index (κ1) is 19.9. The first-order valence-corrected chi connectivity index (χ1v) is 10.2. The van der Waals surface area contributed by atoms with Crippen LogP contribution in [0.25, 0.3) is 0 Å². The molecule has 3 N–H and O–H groups in total. The number of benzene rings is 2. The summed E-state index contributed by atoms with van der Waals surface area (Å²) in [5.74, 6) is -0.311. The van der Waals surface area contributed by atoms with Crippen molar-refractivity contribution in [3.8, 4) is 11.5 Å². The summed E-state index contributed by atoms with van der Waals surface area (Å²) >= 11 is 0. The number of amides is 5. The first-order valence-electron chi connectivity index (χ1n) is 10.2. The Bertz CT molecular complexity index is 1160. The summed E-state index contributed by atoms with van der Waals surface area (Å²) in [4.78, 5) is 51.2. The first-order chi connectivity index (χ1) is 15.4. The molecule has 0 unspecified atom stereocenters. The number of nitrogens with one attached hydrogen (secondary N) is 3.